The molecular weight excluding hydrogens is 494 g/mol. The first-order valence-electron chi connectivity index (χ1n) is 12.6. The van der Waals surface area contributed by atoms with E-state index in [0.29, 0.717) is 17.3 Å². The van der Waals surface area contributed by atoms with Crippen molar-refractivity contribution in [2.45, 2.75) is 33.4 Å². The van der Waals surface area contributed by atoms with E-state index in [2.05, 4.69) is 53.3 Å². The van der Waals surface area contributed by atoms with Crippen molar-refractivity contribution in [3.63, 3.8) is 0 Å². The van der Waals surface area contributed by atoms with Crippen LogP contribution in [-0.4, -0.2) is 25.3 Å². The normalized spacial score (nSPS) is 14.5. The third-order valence-corrected chi connectivity index (χ3v) is 7.57. The van der Waals surface area contributed by atoms with E-state index in [-0.39, 0.29) is 12.1 Å². The summed E-state index contributed by atoms with van der Waals surface area (Å²) >= 11 is 6.37. The van der Waals surface area contributed by atoms with E-state index in [1.807, 2.05) is 72.0 Å². The minimum Gasteiger partial charge on any atom is -0.308 e. The number of urea groups is 1. The van der Waals surface area contributed by atoms with Gasteiger partial charge in [-0.05, 0) is 68.3 Å². The Bertz CT molecular complexity index is 1640. The number of amides is 2. The van der Waals surface area contributed by atoms with E-state index in [1.165, 1.54) is 5.56 Å². The number of benzene rings is 3. The SMILES string of the molecule is Cc1ccc([C@@H]2c3cccn3-c3c(c(C)nn3-c3ccccc3)CN2C(=O)Nc2ccc(C)c(Cl)c2)cc1. The van der Waals surface area contributed by atoms with Crippen LogP contribution >= 0.6 is 11.6 Å². The zero-order valence-electron chi connectivity index (χ0n) is 21.5. The summed E-state index contributed by atoms with van der Waals surface area (Å²) < 4.78 is 4.14. The van der Waals surface area contributed by atoms with Gasteiger partial charge in [-0.2, -0.15) is 5.10 Å². The summed E-state index contributed by atoms with van der Waals surface area (Å²) in [4.78, 5) is 15.9. The standard InChI is InChI=1S/C31H28ClN5O/c1-20-11-14-23(15-12-20)29-28-10-7-17-35(28)30-26(22(3)34-37(30)25-8-5-4-6-9-25)19-36(29)31(38)33-24-16-13-21(2)27(32)18-24/h4-18,29H,19H2,1-3H3,(H,33,38)/t29-/m1/s1. The summed E-state index contributed by atoms with van der Waals surface area (Å²) in [5, 5.41) is 8.62. The Kier molecular flexibility index (Phi) is 6.04. The predicted octanol–water partition coefficient (Wildman–Crippen LogP) is 7.38. The smallest absolute Gasteiger partial charge is 0.308 e. The van der Waals surface area contributed by atoms with Crippen LogP contribution in [-0.2, 0) is 6.54 Å². The first-order chi connectivity index (χ1) is 18.4. The molecule has 38 heavy (non-hydrogen) atoms. The molecule has 7 heteroatoms. The lowest BCUT2D eigenvalue weighted by molar-refractivity contribution is 0.194. The summed E-state index contributed by atoms with van der Waals surface area (Å²) in [6.07, 6.45) is 2.05. The van der Waals surface area contributed by atoms with Crippen molar-refractivity contribution in [1.82, 2.24) is 19.2 Å². The van der Waals surface area contributed by atoms with Crippen LogP contribution in [0.2, 0.25) is 5.02 Å². The van der Waals surface area contributed by atoms with Crippen molar-refractivity contribution in [1.29, 1.82) is 0 Å². The molecule has 0 radical (unpaired) electrons. The molecule has 0 spiro atoms. The van der Waals surface area contributed by atoms with E-state index in [4.69, 9.17) is 16.7 Å². The fraction of sp³-hybridized carbons (Fsp3) is 0.161. The highest BCUT2D eigenvalue weighted by atomic mass is 35.5. The highest BCUT2D eigenvalue weighted by Gasteiger charge is 2.36. The van der Waals surface area contributed by atoms with Gasteiger partial charge in [0.05, 0.1) is 29.7 Å². The molecule has 2 aromatic heterocycles. The molecule has 0 bridgehead atoms. The van der Waals surface area contributed by atoms with Gasteiger partial charge in [0, 0.05) is 22.5 Å². The molecule has 5 aromatic rings. The zero-order chi connectivity index (χ0) is 26.4. The van der Waals surface area contributed by atoms with Crippen molar-refractivity contribution in [3.05, 3.63) is 130 Å². The zero-order valence-corrected chi connectivity index (χ0v) is 22.3. The predicted molar refractivity (Wildman–Crippen MR) is 151 cm³/mol. The second-order valence-electron chi connectivity index (χ2n) is 9.77. The maximum Gasteiger partial charge on any atom is 0.322 e. The summed E-state index contributed by atoms with van der Waals surface area (Å²) in [7, 11) is 0. The van der Waals surface area contributed by atoms with E-state index in [9.17, 15) is 4.79 Å². The van der Waals surface area contributed by atoms with Crippen molar-refractivity contribution in [3.8, 4) is 11.5 Å². The summed E-state index contributed by atoms with van der Waals surface area (Å²) in [6.45, 7) is 6.40. The molecular formula is C31H28ClN5O. The summed E-state index contributed by atoms with van der Waals surface area (Å²) in [5.41, 5.74) is 7.66. The van der Waals surface area contributed by atoms with Crippen molar-refractivity contribution in [2.24, 2.45) is 0 Å². The largest absolute Gasteiger partial charge is 0.322 e. The van der Waals surface area contributed by atoms with Gasteiger partial charge in [0.15, 0.2) is 0 Å². The molecule has 0 saturated heterocycles. The van der Waals surface area contributed by atoms with Crippen LogP contribution in [0.4, 0.5) is 10.5 Å². The van der Waals surface area contributed by atoms with E-state index >= 15 is 0 Å². The van der Waals surface area contributed by atoms with Gasteiger partial charge >= 0.3 is 6.03 Å². The number of fused-ring (bicyclic) bond motifs is 3. The fourth-order valence-electron chi connectivity index (χ4n) is 5.11. The lowest BCUT2D eigenvalue weighted by Crippen LogP contribution is -2.38. The van der Waals surface area contributed by atoms with Crippen LogP contribution in [0.25, 0.3) is 11.5 Å². The number of aromatic nitrogens is 3. The highest BCUT2D eigenvalue weighted by Crippen LogP contribution is 2.39. The van der Waals surface area contributed by atoms with Gasteiger partial charge in [0.25, 0.3) is 0 Å². The van der Waals surface area contributed by atoms with Crippen molar-refractivity contribution in [2.75, 3.05) is 5.32 Å². The van der Waals surface area contributed by atoms with Gasteiger partial charge in [-0.15, -0.1) is 0 Å². The van der Waals surface area contributed by atoms with Gasteiger partial charge in [0.2, 0.25) is 0 Å². The molecule has 3 aromatic carbocycles. The number of hydrogen-bond donors (Lipinski definition) is 1. The maximum atomic E-state index is 14.0. The Morgan fingerprint density at radius 3 is 2.45 bits per heavy atom. The second-order valence-corrected chi connectivity index (χ2v) is 10.2. The molecule has 0 fully saturated rings. The minimum absolute atomic E-state index is 0.206. The van der Waals surface area contributed by atoms with Crippen LogP contribution in [0.15, 0.2) is 91.1 Å². The molecule has 6 nitrogen and oxygen atoms in total. The monoisotopic (exact) mass is 521 g/mol. The average Bonchev–Trinajstić information content (AvgIpc) is 3.48. The summed E-state index contributed by atoms with van der Waals surface area (Å²) in [6, 6.07) is 27.7. The van der Waals surface area contributed by atoms with E-state index in [0.717, 1.165) is 39.6 Å². The molecule has 0 saturated carbocycles. The van der Waals surface area contributed by atoms with E-state index < -0.39 is 0 Å². The minimum atomic E-state index is -0.317. The Labute approximate surface area is 227 Å². The van der Waals surface area contributed by atoms with Crippen LogP contribution in [0.3, 0.4) is 0 Å². The van der Waals surface area contributed by atoms with Gasteiger partial charge in [0.1, 0.15) is 5.82 Å². The Hall–Kier alpha value is -4.29. The molecule has 1 aliphatic heterocycles. The van der Waals surface area contributed by atoms with Crippen LogP contribution in [0.5, 0.6) is 0 Å². The number of halogens is 1. The maximum absolute atomic E-state index is 14.0. The van der Waals surface area contributed by atoms with Crippen LogP contribution < -0.4 is 5.32 Å². The Morgan fingerprint density at radius 1 is 0.947 bits per heavy atom. The topological polar surface area (TPSA) is 55.1 Å². The van der Waals surface area contributed by atoms with Gasteiger partial charge < -0.3 is 14.8 Å². The lowest BCUT2D eigenvalue weighted by atomic mass is 10.0. The molecule has 3 heterocycles. The first-order valence-corrected chi connectivity index (χ1v) is 13.0. The molecule has 1 atom stereocenters. The summed E-state index contributed by atoms with van der Waals surface area (Å²) in [5.74, 6) is 0.944. The molecule has 190 valence electrons. The fourth-order valence-corrected chi connectivity index (χ4v) is 5.30. The molecule has 2 amide bonds. The Balaban J connectivity index is 1.52. The molecule has 6 rings (SSSR count). The Morgan fingerprint density at radius 2 is 1.71 bits per heavy atom. The number of hydrogen-bond acceptors (Lipinski definition) is 2. The molecule has 1 N–H and O–H groups in total. The molecule has 0 unspecified atom stereocenters. The first kappa shape index (κ1) is 24.1. The van der Waals surface area contributed by atoms with Gasteiger partial charge in [-0.25, -0.2) is 9.48 Å². The third-order valence-electron chi connectivity index (χ3n) is 7.16. The highest BCUT2D eigenvalue weighted by molar-refractivity contribution is 6.31. The number of nitrogens with one attached hydrogen (secondary N) is 1. The number of carbonyl (C=O) groups is 1. The molecule has 1 aliphatic rings. The van der Waals surface area contributed by atoms with E-state index in [1.54, 1.807) is 6.07 Å². The number of aryl methyl sites for hydroxylation is 3. The van der Waals surface area contributed by atoms with Crippen molar-refractivity contribution < 1.29 is 4.79 Å². The van der Waals surface area contributed by atoms with Gasteiger partial charge in [-0.1, -0.05) is 65.7 Å². The number of anilines is 1. The number of carbonyl (C=O) groups excluding carboxylic acids is 1. The van der Waals surface area contributed by atoms with Crippen molar-refractivity contribution >= 4 is 23.3 Å². The lowest BCUT2D eigenvalue weighted by Gasteiger charge is -2.31. The quantitative estimate of drug-likeness (QED) is 0.269. The van der Waals surface area contributed by atoms with Crippen LogP contribution in [0, 0.1) is 20.8 Å². The number of nitrogens with zero attached hydrogens (tertiary/aromatic N) is 4. The van der Waals surface area contributed by atoms with Gasteiger partial charge in [-0.3, -0.25) is 0 Å². The number of para-hydroxylation sites is 1. The number of rotatable bonds is 3. The average molecular weight is 522 g/mol. The third kappa shape index (κ3) is 4.17. The molecule has 0 aliphatic carbocycles. The van der Waals surface area contributed by atoms with Crippen LogP contribution in [0.1, 0.15) is 39.7 Å². The second kappa shape index (κ2) is 9.54.